The molecule has 0 aliphatic heterocycles. The summed E-state index contributed by atoms with van der Waals surface area (Å²) < 4.78 is 33.3. The van der Waals surface area contributed by atoms with Crippen LogP contribution in [-0.4, -0.2) is 45.7 Å². The molecular formula is C18H20BrNO5S. The number of carbonyl (C=O) groups is 1. The molecule has 0 spiro atoms. The number of methoxy groups -OCH3 is 1. The van der Waals surface area contributed by atoms with E-state index in [1.54, 1.807) is 42.3 Å². The van der Waals surface area contributed by atoms with Crippen LogP contribution in [0, 0.1) is 0 Å². The van der Waals surface area contributed by atoms with Gasteiger partial charge in [-0.05, 0) is 45.8 Å². The Morgan fingerprint density at radius 2 is 1.88 bits per heavy atom. The van der Waals surface area contributed by atoms with E-state index in [1.165, 1.54) is 0 Å². The quantitative estimate of drug-likeness (QED) is 0.588. The van der Waals surface area contributed by atoms with Crippen molar-refractivity contribution in [1.29, 1.82) is 0 Å². The van der Waals surface area contributed by atoms with Gasteiger partial charge in [-0.3, -0.25) is 4.79 Å². The van der Waals surface area contributed by atoms with Crippen molar-refractivity contribution in [3.8, 4) is 5.75 Å². The predicted molar refractivity (Wildman–Crippen MR) is 103 cm³/mol. The van der Waals surface area contributed by atoms with Crippen LogP contribution in [0.5, 0.6) is 5.75 Å². The molecule has 2 rings (SSSR count). The first-order chi connectivity index (χ1) is 12.3. The lowest BCUT2D eigenvalue weighted by atomic mass is 10.1. The van der Waals surface area contributed by atoms with E-state index in [2.05, 4.69) is 15.9 Å². The van der Waals surface area contributed by atoms with Crippen molar-refractivity contribution in [1.82, 2.24) is 4.90 Å². The lowest BCUT2D eigenvalue weighted by molar-refractivity contribution is 0.0679. The molecule has 8 heteroatoms. The monoisotopic (exact) mass is 441 g/mol. The van der Waals surface area contributed by atoms with E-state index in [9.17, 15) is 13.2 Å². The number of hydrogen-bond acceptors (Lipinski definition) is 5. The van der Waals surface area contributed by atoms with Crippen molar-refractivity contribution >= 4 is 32.0 Å². The Morgan fingerprint density at radius 3 is 2.54 bits per heavy atom. The normalized spacial score (nSPS) is 11.2. The molecule has 2 aromatic carbocycles. The number of carbonyl (C=O) groups excluding carboxylic acids is 1. The van der Waals surface area contributed by atoms with Crippen LogP contribution < -0.4 is 4.18 Å². The molecule has 0 saturated heterocycles. The average molecular weight is 442 g/mol. The van der Waals surface area contributed by atoms with Gasteiger partial charge in [0.2, 0.25) is 0 Å². The maximum Gasteiger partial charge on any atom is 0.306 e. The first-order valence-electron chi connectivity index (χ1n) is 7.81. The molecule has 0 atom stereocenters. The van der Waals surface area contributed by atoms with E-state index >= 15 is 0 Å². The Bertz CT molecular complexity index is 869. The molecule has 0 heterocycles. The van der Waals surface area contributed by atoms with Crippen LogP contribution in [0.15, 0.2) is 53.0 Å². The lowest BCUT2D eigenvalue weighted by Crippen LogP contribution is -2.33. The van der Waals surface area contributed by atoms with E-state index in [-0.39, 0.29) is 11.7 Å². The second-order valence-electron chi connectivity index (χ2n) is 5.63. The standard InChI is InChI=1S/C18H20BrNO5S/c1-24-11-10-20(18(21)16-8-3-4-9-17(16)19)13-14-6-5-7-15(12-14)25-26(2,22)23/h3-9,12H,10-11,13H2,1-2H3. The van der Waals surface area contributed by atoms with Crippen LogP contribution in [0.3, 0.4) is 0 Å². The highest BCUT2D eigenvalue weighted by molar-refractivity contribution is 9.10. The van der Waals surface area contributed by atoms with Gasteiger partial charge in [-0.15, -0.1) is 0 Å². The SMILES string of the molecule is COCCN(Cc1cccc(OS(C)(=O)=O)c1)C(=O)c1ccccc1Br. The number of amides is 1. The smallest absolute Gasteiger partial charge is 0.306 e. The van der Waals surface area contributed by atoms with Gasteiger partial charge in [0, 0.05) is 24.7 Å². The summed E-state index contributed by atoms with van der Waals surface area (Å²) >= 11 is 3.40. The van der Waals surface area contributed by atoms with E-state index in [4.69, 9.17) is 8.92 Å². The van der Waals surface area contributed by atoms with Gasteiger partial charge in [-0.1, -0.05) is 24.3 Å². The molecule has 0 radical (unpaired) electrons. The second kappa shape index (κ2) is 9.16. The van der Waals surface area contributed by atoms with E-state index < -0.39 is 10.1 Å². The van der Waals surface area contributed by atoms with Crippen LogP contribution in [0.25, 0.3) is 0 Å². The van der Waals surface area contributed by atoms with E-state index in [1.807, 2.05) is 18.2 Å². The molecular weight excluding hydrogens is 422 g/mol. The first kappa shape index (κ1) is 20.4. The fraction of sp³-hybridized carbons (Fsp3) is 0.278. The van der Waals surface area contributed by atoms with Crippen molar-refractivity contribution in [2.75, 3.05) is 26.5 Å². The number of ether oxygens (including phenoxy) is 1. The third-order valence-corrected chi connectivity index (χ3v) is 4.66. The van der Waals surface area contributed by atoms with Gasteiger partial charge in [-0.2, -0.15) is 8.42 Å². The summed E-state index contributed by atoms with van der Waals surface area (Å²) in [5, 5.41) is 0. The minimum atomic E-state index is -3.61. The van der Waals surface area contributed by atoms with Crippen LogP contribution in [0.1, 0.15) is 15.9 Å². The summed E-state index contributed by atoms with van der Waals surface area (Å²) in [6.45, 7) is 1.08. The number of hydrogen-bond donors (Lipinski definition) is 0. The Labute approximate surface area is 162 Å². The Morgan fingerprint density at radius 1 is 1.15 bits per heavy atom. The number of nitrogens with zero attached hydrogens (tertiary/aromatic N) is 1. The number of benzene rings is 2. The fourth-order valence-electron chi connectivity index (χ4n) is 2.35. The minimum Gasteiger partial charge on any atom is -0.383 e. The summed E-state index contributed by atoms with van der Waals surface area (Å²) in [5.41, 5.74) is 1.30. The summed E-state index contributed by atoms with van der Waals surface area (Å²) in [6, 6.07) is 13.8. The zero-order chi connectivity index (χ0) is 19.2. The Balaban J connectivity index is 2.24. The molecule has 0 fully saturated rings. The van der Waals surface area contributed by atoms with E-state index in [0.717, 1.165) is 11.8 Å². The molecule has 1 amide bonds. The highest BCUT2D eigenvalue weighted by atomic mass is 79.9. The molecule has 0 aliphatic rings. The molecule has 140 valence electrons. The minimum absolute atomic E-state index is 0.149. The van der Waals surface area contributed by atoms with Gasteiger partial charge in [0.05, 0.1) is 18.4 Å². The van der Waals surface area contributed by atoms with Gasteiger partial charge in [0.25, 0.3) is 5.91 Å². The third kappa shape index (κ3) is 6.12. The molecule has 0 unspecified atom stereocenters. The molecule has 0 N–H and O–H groups in total. The second-order valence-corrected chi connectivity index (χ2v) is 8.06. The summed E-state index contributed by atoms with van der Waals surface area (Å²) in [5.74, 6) is 0.0639. The van der Waals surface area contributed by atoms with Crippen molar-refractivity contribution < 1.29 is 22.1 Å². The van der Waals surface area contributed by atoms with Crippen molar-refractivity contribution in [2.45, 2.75) is 6.54 Å². The van der Waals surface area contributed by atoms with Crippen LogP contribution in [-0.2, 0) is 21.4 Å². The van der Waals surface area contributed by atoms with Gasteiger partial charge >= 0.3 is 10.1 Å². The molecule has 0 saturated carbocycles. The van der Waals surface area contributed by atoms with Gasteiger partial charge in [0.1, 0.15) is 5.75 Å². The fourth-order valence-corrected chi connectivity index (χ4v) is 3.26. The molecule has 6 nitrogen and oxygen atoms in total. The van der Waals surface area contributed by atoms with Crippen LogP contribution in [0.2, 0.25) is 0 Å². The maximum atomic E-state index is 12.9. The van der Waals surface area contributed by atoms with Crippen LogP contribution >= 0.6 is 15.9 Å². The third-order valence-electron chi connectivity index (χ3n) is 3.48. The molecule has 0 aromatic heterocycles. The highest BCUT2D eigenvalue weighted by Gasteiger charge is 2.18. The first-order valence-corrected chi connectivity index (χ1v) is 10.4. The topological polar surface area (TPSA) is 72.9 Å². The number of halogens is 1. The number of rotatable bonds is 8. The maximum absolute atomic E-state index is 12.9. The van der Waals surface area contributed by atoms with Crippen LogP contribution in [0.4, 0.5) is 0 Å². The van der Waals surface area contributed by atoms with Gasteiger partial charge in [-0.25, -0.2) is 0 Å². The highest BCUT2D eigenvalue weighted by Crippen LogP contribution is 2.21. The Hall–Kier alpha value is -1.90. The summed E-state index contributed by atoms with van der Waals surface area (Å²) in [4.78, 5) is 14.5. The van der Waals surface area contributed by atoms with Crippen molar-refractivity contribution in [3.63, 3.8) is 0 Å². The summed E-state index contributed by atoms with van der Waals surface area (Å²) in [6.07, 6.45) is 0.987. The molecule has 2 aromatic rings. The van der Waals surface area contributed by atoms with E-state index in [0.29, 0.717) is 29.7 Å². The average Bonchev–Trinajstić information content (AvgIpc) is 2.57. The lowest BCUT2D eigenvalue weighted by Gasteiger charge is -2.23. The van der Waals surface area contributed by atoms with Gasteiger partial charge in [0.15, 0.2) is 0 Å². The molecule has 0 aliphatic carbocycles. The van der Waals surface area contributed by atoms with Crippen molar-refractivity contribution in [2.24, 2.45) is 0 Å². The molecule has 0 bridgehead atoms. The van der Waals surface area contributed by atoms with Gasteiger partial charge < -0.3 is 13.8 Å². The zero-order valence-corrected chi connectivity index (χ0v) is 16.9. The predicted octanol–water partition coefficient (Wildman–Crippen LogP) is 3.08. The largest absolute Gasteiger partial charge is 0.383 e. The van der Waals surface area contributed by atoms with Crippen molar-refractivity contribution in [3.05, 3.63) is 64.1 Å². The molecule has 26 heavy (non-hydrogen) atoms. The zero-order valence-electron chi connectivity index (χ0n) is 14.5. The summed E-state index contributed by atoms with van der Waals surface area (Å²) in [7, 11) is -2.04. The Kier molecular flexibility index (Phi) is 7.19.